The zero-order chi connectivity index (χ0) is 8.97. The smallest absolute Gasteiger partial charge is 0.248 e. The van der Waals surface area contributed by atoms with Crippen LogP contribution in [0.3, 0.4) is 0 Å². The maximum Gasteiger partial charge on any atom is 0.248 e. The summed E-state index contributed by atoms with van der Waals surface area (Å²) >= 11 is 0. The second-order valence-corrected chi connectivity index (χ2v) is 2.40. The molecule has 1 rings (SSSR count). The number of carboxylic acid groups (broad SMARTS) is 1. The van der Waals surface area contributed by atoms with Crippen LogP contribution in [0.2, 0.25) is 0 Å². The Morgan fingerprint density at radius 3 is 3.00 bits per heavy atom. The van der Waals surface area contributed by atoms with Crippen molar-refractivity contribution >= 4 is 12.2 Å². The van der Waals surface area contributed by atoms with Gasteiger partial charge in [0.15, 0.2) is 0 Å². The Morgan fingerprint density at radius 2 is 2.50 bits per heavy atom. The molecule has 0 amide bonds. The number of hydrogen-bond donors (Lipinski definition) is 0. The Balaban J connectivity index is 2.52. The van der Waals surface area contributed by atoms with E-state index >= 15 is 0 Å². The minimum absolute atomic E-state index is 0.0336. The van der Waals surface area contributed by atoms with Crippen LogP contribution in [-0.2, 0) is 11.3 Å². The van der Waals surface area contributed by atoms with Gasteiger partial charge in [-0.2, -0.15) is 0 Å². The van der Waals surface area contributed by atoms with Gasteiger partial charge in [-0.15, -0.1) is 0 Å². The van der Waals surface area contributed by atoms with Crippen molar-refractivity contribution in [3.05, 3.63) is 25.3 Å². The average molecular weight is 166 g/mol. The van der Waals surface area contributed by atoms with E-state index in [4.69, 9.17) is 0 Å². The predicted octanol–water partition coefficient (Wildman–Crippen LogP) is -0.984. The molecule has 1 aromatic heterocycles. The maximum absolute atomic E-state index is 10.1. The van der Waals surface area contributed by atoms with Gasteiger partial charge in [0.05, 0.1) is 12.7 Å². The monoisotopic (exact) mass is 166 g/mol. The number of rotatable bonds is 4. The Bertz CT molecular complexity index is 291. The van der Waals surface area contributed by atoms with Gasteiger partial charge >= 0.3 is 0 Å². The number of aryl methyl sites for hydroxylation is 1. The quantitative estimate of drug-likeness (QED) is 0.539. The largest absolute Gasteiger partial charge is 0.550 e. The van der Waals surface area contributed by atoms with Crippen molar-refractivity contribution in [2.45, 2.75) is 13.0 Å². The number of carbonyl (C=O) groups is 1. The van der Waals surface area contributed by atoms with Crippen LogP contribution in [-0.4, -0.2) is 10.5 Å². The molecule has 4 heteroatoms. The van der Waals surface area contributed by atoms with Gasteiger partial charge in [-0.3, -0.25) is 0 Å². The van der Waals surface area contributed by atoms with Crippen LogP contribution in [0.5, 0.6) is 0 Å². The van der Waals surface area contributed by atoms with Crippen LogP contribution in [0.1, 0.15) is 6.42 Å². The molecule has 0 saturated carbocycles. The summed E-state index contributed by atoms with van der Waals surface area (Å²) in [5, 5.41) is 10.1. The van der Waals surface area contributed by atoms with Crippen LogP contribution in [0.15, 0.2) is 25.3 Å². The van der Waals surface area contributed by atoms with Gasteiger partial charge in [-0.05, 0) is 0 Å². The van der Waals surface area contributed by atoms with E-state index in [0.717, 1.165) is 0 Å². The van der Waals surface area contributed by atoms with Gasteiger partial charge in [0.1, 0.15) is 12.4 Å². The van der Waals surface area contributed by atoms with E-state index in [9.17, 15) is 9.90 Å². The van der Waals surface area contributed by atoms with Crippen LogP contribution in [0, 0.1) is 0 Å². The predicted molar refractivity (Wildman–Crippen MR) is 40.6 cm³/mol. The van der Waals surface area contributed by atoms with Gasteiger partial charge in [0.25, 0.3) is 0 Å². The summed E-state index contributed by atoms with van der Waals surface area (Å²) in [6.45, 7) is 3.99. The van der Waals surface area contributed by atoms with E-state index in [-0.39, 0.29) is 6.42 Å². The fraction of sp³-hybridized carbons (Fsp3) is 0.250. The van der Waals surface area contributed by atoms with Crippen molar-refractivity contribution in [2.24, 2.45) is 0 Å². The molecule has 0 aromatic carbocycles. The summed E-state index contributed by atoms with van der Waals surface area (Å²) in [7, 11) is 0. The van der Waals surface area contributed by atoms with Gasteiger partial charge in [0, 0.05) is 12.4 Å². The van der Waals surface area contributed by atoms with Crippen molar-refractivity contribution in [1.29, 1.82) is 0 Å². The Morgan fingerprint density at radius 1 is 1.75 bits per heavy atom. The topological polar surface area (TPSA) is 48.9 Å². The SMILES string of the molecule is C=Cn1cc[n+](CCC(=O)[O-])c1. The van der Waals surface area contributed by atoms with Gasteiger partial charge in [-0.25, -0.2) is 9.13 Å². The summed E-state index contributed by atoms with van der Waals surface area (Å²) in [6.07, 6.45) is 7.00. The molecule has 0 radical (unpaired) electrons. The second kappa shape index (κ2) is 3.71. The van der Waals surface area contributed by atoms with Crippen LogP contribution in [0.4, 0.5) is 0 Å². The molecule has 1 aromatic rings. The summed E-state index contributed by atoms with van der Waals surface area (Å²) in [6, 6.07) is 0. The van der Waals surface area contributed by atoms with Crippen molar-refractivity contribution in [2.75, 3.05) is 0 Å². The molecule has 0 N–H and O–H groups in total. The van der Waals surface area contributed by atoms with Gasteiger partial charge < -0.3 is 9.90 Å². The minimum atomic E-state index is -1.03. The number of imidazole rings is 1. The first-order valence-corrected chi connectivity index (χ1v) is 3.61. The minimum Gasteiger partial charge on any atom is -0.550 e. The van der Waals surface area contributed by atoms with E-state index in [1.165, 1.54) is 0 Å². The maximum atomic E-state index is 10.1. The standard InChI is InChI=1S/C8H10N2O2/c1-2-9-5-6-10(7-9)4-3-8(11)12/h2,5-7H,1,3-4H2. The summed E-state index contributed by atoms with van der Waals surface area (Å²) in [5.74, 6) is -1.03. The average Bonchev–Trinajstić information content (AvgIpc) is 2.48. The normalized spacial score (nSPS) is 9.67. The molecule has 4 nitrogen and oxygen atoms in total. The molecular formula is C8H10N2O2. The lowest BCUT2D eigenvalue weighted by atomic mass is 10.4. The fourth-order valence-electron chi connectivity index (χ4n) is 0.872. The molecule has 0 spiro atoms. The highest BCUT2D eigenvalue weighted by Crippen LogP contribution is 1.84. The van der Waals surface area contributed by atoms with E-state index in [1.54, 1.807) is 34.1 Å². The highest BCUT2D eigenvalue weighted by molar-refractivity contribution is 5.63. The third kappa shape index (κ3) is 2.23. The van der Waals surface area contributed by atoms with E-state index in [2.05, 4.69) is 6.58 Å². The van der Waals surface area contributed by atoms with Crippen molar-refractivity contribution in [3.8, 4) is 0 Å². The zero-order valence-electron chi connectivity index (χ0n) is 6.64. The molecule has 64 valence electrons. The lowest BCUT2D eigenvalue weighted by Crippen LogP contribution is -2.35. The molecule has 0 unspecified atom stereocenters. The molecule has 12 heavy (non-hydrogen) atoms. The molecule has 1 heterocycles. The van der Waals surface area contributed by atoms with Gasteiger partial charge in [-0.1, -0.05) is 6.58 Å². The number of aliphatic carboxylic acids is 1. The molecule has 0 saturated heterocycles. The Kier molecular flexibility index (Phi) is 2.63. The zero-order valence-corrected chi connectivity index (χ0v) is 6.64. The number of hydrogen-bond acceptors (Lipinski definition) is 2. The first-order chi connectivity index (χ1) is 5.72. The number of nitrogens with zero attached hydrogens (tertiary/aromatic N) is 2. The van der Waals surface area contributed by atoms with Crippen molar-refractivity contribution in [3.63, 3.8) is 0 Å². The molecule has 0 bridgehead atoms. The van der Waals surface area contributed by atoms with Crippen molar-refractivity contribution in [1.82, 2.24) is 4.57 Å². The highest BCUT2D eigenvalue weighted by atomic mass is 16.4. The van der Waals surface area contributed by atoms with Crippen molar-refractivity contribution < 1.29 is 14.5 Å². The lowest BCUT2D eigenvalue weighted by molar-refractivity contribution is -0.695. The molecule has 0 aliphatic carbocycles. The van der Waals surface area contributed by atoms with Crippen LogP contribution >= 0.6 is 0 Å². The third-order valence-electron chi connectivity index (χ3n) is 1.50. The molecular weight excluding hydrogens is 156 g/mol. The summed E-state index contributed by atoms with van der Waals surface area (Å²) in [4.78, 5) is 10.1. The van der Waals surface area contributed by atoms with Crippen LogP contribution < -0.4 is 9.67 Å². The van der Waals surface area contributed by atoms with E-state index in [0.29, 0.717) is 6.54 Å². The molecule has 0 fully saturated rings. The lowest BCUT2D eigenvalue weighted by Gasteiger charge is -1.96. The van der Waals surface area contributed by atoms with E-state index < -0.39 is 5.97 Å². The fourth-order valence-corrected chi connectivity index (χ4v) is 0.872. The Hall–Kier alpha value is -1.58. The molecule has 0 aliphatic rings. The molecule has 0 aliphatic heterocycles. The highest BCUT2D eigenvalue weighted by Gasteiger charge is 1.99. The second-order valence-electron chi connectivity index (χ2n) is 2.40. The summed E-state index contributed by atoms with van der Waals surface area (Å²) < 4.78 is 3.51. The van der Waals surface area contributed by atoms with Crippen LogP contribution in [0.25, 0.3) is 6.20 Å². The van der Waals surface area contributed by atoms with E-state index in [1.807, 2.05) is 0 Å². The first-order valence-electron chi connectivity index (χ1n) is 3.61. The molecule has 0 atom stereocenters. The number of aromatic nitrogens is 2. The first kappa shape index (κ1) is 8.52. The third-order valence-corrected chi connectivity index (χ3v) is 1.50. The number of carbonyl (C=O) groups excluding carboxylic acids is 1. The Labute approximate surface area is 70.4 Å². The summed E-state index contributed by atoms with van der Waals surface area (Å²) in [5.41, 5.74) is 0. The number of carboxylic acids is 1. The van der Waals surface area contributed by atoms with Gasteiger partial charge in [0.2, 0.25) is 6.33 Å².